The molecule has 228 valence electrons. The maximum atomic E-state index is 13.5. The van der Waals surface area contributed by atoms with Gasteiger partial charge in [0.1, 0.15) is 28.9 Å². The molecule has 3 atom stereocenters. The van der Waals surface area contributed by atoms with Crippen LogP contribution in [-0.2, 0) is 26.2 Å². The number of rotatable bonds is 12. The van der Waals surface area contributed by atoms with Gasteiger partial charge in [-0.3, -0.25) is 24.1 Å². The van der Waals surface area contributed by atoms with Crippen molar-refractivity contribution < 1.29 is 33.8 Å². The number of primary amides is 1. The van der Waals surface area contributed by atoms with Crippen molar-refractivity contribution in [3.8, 4) is 5.75 Å². The lowest BCUT2D eigenvalue weighted by Gasteiger charge is -2.49. The van der Waals surface area contributed by atoms with Crippen LogP contribution in [0.5, 0.6) is 5.75 Å². The normalized spacial score (nSPS) is 18.1. The van der Waals surface area contributed by atoms with Crippen molar-refractivity contribution in [1.29, 1.82) is 0 Å². The zero-order chi connectivity index (χ0) is 31.4. The Balaban J connectivity index is 1.27. The number of hydrogen-bond donors (Lipinski definition) is 4. The number of carboxylic acid groups (broad SMARTS) is 1. The quantitative estimate of drug-likeness (QED) is 0.153. The molecule has 15 nitrogen and oxygen atoms in total. The molecule has 0 radical (unpaired) electrons. The molecule has 2 aliphatic rings. The number of nitrogens with one attached hydrogen (secondary N) is 2. The fourth-order valence-corrected chi connectivity index (χ4v) is 6.95. The van der Waals surface area contributed by atoms with E-state index in [1.54, 1.807) is 49.5 Å². The van der Waals surface area contributed by atoms with E-state index in [9.17, 15) is 29.1 Å². The second kappa shape index (κ2) is 13.2. The van der Waals surface area contributed by atoms with Crippen LogP contribution in [0.25, 0.3) is 0 Å². The Kier molecular flexibility index (Phi) is 9.15. The van der Waals surface area contributed by atoms with E-state index < -0.39 is 53.7 Å². The van der Waals surface area contributed by atoms with E-state index in [2.05, 4.69) is 26.2 Å². The Morgan fingerprint density at radius 1 is 1.16 bits per heavy atom. The number of aromatic nitrogens is 4. The van der Waals surface area contributed by atoms with Gasteiger partial charge in [-0.25, -0.2) is 9.48 Å². The summed E-state index contributed by atoms with van der Waals surface area (Å²) >= 11 is 2.57. The zero-order valence-electron chi connectivity index (χ0n) is 23.1. The van der Waals surface area contributed by atoms with Gasteiger partial charge in [-0.05, 0) is 33.7 Å². The summed E-state index contributed by atoms with van der Waals surface area (Å²) in [5.41, 5.74) is 6.30. The molecule has 5 N–H and O–H groups in total. The Morgan fingerprint density at radius 2 is 1.89 bits per heavy atom. The summed E-state index contributed by atoms with van der Waals surface area (Å²) < 4.78 is 6.95. The van der Waals surface area contributed by atoms with Gasteiger partial charge >= 0.3 is 5.97 Å². The van der Waals surface area contributed by atoms with Gasteiger partial charge in [0.25, 0.3) is 17.7 Å². The number of tetrazole rings is 1. The largest absolute Gasteiger partial charge is 0.483 e. The summed E-state index contributed by atoms with van der Waals surface area (Å²) in [4.78, 5) is 64.6. The van der Waals surface area contributed by atoms with Crippen molar-refractivity contribution in [3.05, 3.63) is 77.0 Å². The molecule has 1 aromatic heterocycles. The molecule has 3 aromatic rings. The van der Waals surface area contributed by atoms with Crippen molar-refractivity contribution in [2.24, 2.45) is 12.8 Å². The highest BCUT2D eigenvalue weighted by Gasteiger charge is 2.54. The van der Waals surface area contributed by atoms with E-state index in [1.165, 1.54) is 45.2 Å². The molecule has 0 bridgehead atoms. The molecular weight excluding hydrogens is 612 g/mol. The summed E-state index contributed by atoms with van der Waals surface area (Å²) in [6.45, 7) is -0.520. The van der Waals surface area contributed by atoms with Crippen molar-refractivity contribution in [2.45, 2.75) is 22.6 Å². The van der Waals surface area contributed by atoms with Crippen molar-refractivity contribution in [2.75, 3.05) is 18.1 Å². The molecule has 0 spiro atoms. The van der Waals surface area contributed by atoms with Crippen LogP contribution in [0.4, 0.5) is 0 Å². The number of carboxylic acids is 1. The number of ether oxygens (including phenoxy) is 1. The molecule has 0 saturated carbocycles. The first kappa shape index (κ1) is 30.6. The molecule has 1 saturated heterocycles. The van der Waals surface area contributed by atoms with Crippen LogP contribution in [-0.4, -0.2) is 89.3 Å². The molecule has 2 aliphatic heterocycles. The van der Waals surface area contributed by atoms with E-state index in [1.807, 2.05) is 0 Å². The number of aliphatic carboxylic acids is 1. The average Bonchev–Trinajstić information content (AvgIpc) is 3.44. The van der Waals surface area contributed by atoms with Crippen LogP contribution in [0, 0.1) is 0 Å². The smallest absolute Gasteiger partial charge is 0.352 e. The van der Waals surface area contributed by atoms with Gasteiger partial charge in [0.2, 0.25) is 11.1 Å². The molecule has 1 unspecified atom stereocenters. The third-order valence-electron chi connectivity index (χ3n) is 6.72. The lowest BCUT2D eigenvalue weighted by Crippen LogP contribution is -2.71. The number of benzene rings is 2. The van der Waals surface area contributed by atoms with Gasteiger partial charge in [0.05, 0.1) is 5.56 Å². The number of amides is 4. The maximum Gasteiger partial charge on any atom is 0.352 e. The van der Waals surface area contributed by atoms with Crippen molar-refractivity contribution in [1.82, 2.24) is 35.7 Å². The summed E-state index contributed by atoms with van der Waals surface area (Å²) in [5.74, 6) is -3.23. The number of carbonyl (C=O) groups is 5. The first-order valence-electron chi connectivity index (χ1n) is 13.1. The monoisotopic (exact) mass is 638 g/mol. The van der Waals surface area contributed by atoms with Crippen LogP contribution in [0.2, 0.25) is 0 Å². The van der Waals surface area contributed by atoms with Gasteiger partial charge in [-0.1, -0.05) is 54.2 Å². The third-order valence-corrected chi connectivity index (χ3v) is 9.15. The predicted octanol–water partition coefficient (Wildman–Crippen LogP) is 0.0762. The summed E-state index contributed by atoms with van der Waals surface area (Å²) in [5, 5.41) is 26.3. The number of para-hydroxylation sites is 1. The second-order valence-electron chi connectivity index (χ2n) is 9.59. The summed E-state index contributed by atoms with van der Waals surface area (Å²) in [6.07, 6.45) is 0. The number of β-lactam (4-membered cyclic amide) rings is 1. The van der Waals surface area contributed by atoms with E-state index >= 15 is 0 Å². The maximum absolute atomic E-state index is 13.5. The minimum absolute atomic E-state index is 0.0952. The highest BCUT2D eigenvalue weighted by Crippen LogP contribution is 2.41. The second-order valence-corrected chi connectivity index (χ2v) is 11.6. The molecule has 44 heavy (non-hydrogen) atoms. The molecule has 4 amide bonds. The number of nitrogens with two attached hydrogens (primary N) is 1. The number of nitrogens with zero attached hydrogens (tertiary/aromatic N) is 5. The van der Waals surface area contributed by atoms with Crippen LogP contribution in [0.1, 0.15) is 22.0 Å². The minimum Gasteiger partial charge on any atom is -0.483 e. The zero-order valence-corrected chi connectivity index (χ0v) is 24.7. The lowest BCUT2D eigenvalue weighted by atomic mass is 10.0. The lowest BCUT2D eigenvalue weighted by molar-refractivity contribution is -0.151. The molecule has 2 aromatic carbocycles. The highest BCUT2D eigenvalue weighted by molar-refractivity contribution is 8.01. The Morgan fingerprint density at radius 3 is 2.57 bits per heavy atom. The van der Waals surface area contributed by atoms with Crippen LogP contribution in [0.3, 0.4) is 0 Å². The van der Waals surface area contributed by atoms with Crippen LogP contribution in [0.15, 0.2) is 71.0 Å². The molecule has 5 rings (SSSR count). The van der Waals surface area contributed by atoms with Crippen LogP contribution < -0.4 is 21.1 Å². The van der Waals surface area contributed by atoms with Gasteiger partial charge in [0, 0.05) is 18.6 Å². The molecule has 0 aliphatic carbocycles. The number of thioether (sulfide) groups is 2. The first-order chi connectivity index (χ1) is 21.2. The number of hydrogen-bond acceptors (Lipinski definition) is 11. The minimum atomic E-state index is -1.26. The Hall–Kier alpha value is -4.90. The van der Waals surface area contributed by atoms with Gasteiger partial charge in [-0.2, -0.15) is 0 Å². The Bertz CT molecular complexity index is 1650. The molecular formula is C27H26N8O7S2. The standard InChI is InChI=1S/C27H26N8O7S2/c1-34-27(31-32-33-34)44-13-15-12-43-25-20(24(39)35(25)21(15)26(40)41)30-23(38)19(14-7-3-2-4-8-14)29-18(36)11-42-17-10-6-5-9-16(17)22(28)37/h2-10,19-20,25H,11-13H2,1H3,(H2,28,37)(H,29,36)(H,30,38)(H,40,41)/t19-,20?,25-/m0/s1. The number of aryl methyl sites for hydroxylation is 1. The molecule has 17 heteroatoms. The van der Waals surface area contributed by atoms with Crippen molar-refractivity contribution in [3.63, 3.8) is 0 Å². The third kappa shape index (κ3) is 6.37. The van der Waals surface area contributed by atoms with Gasteiger partial charge < -0.3 is 26.2 Å². The summed E-state index contributed by atoms with van der Waals surface area (Å²) in [6, 6.07) is 12.3. The number of carbonyl (C=O) groups excluding carboxylic acids is 4. The van der Waals surface area contributed by atoms with E-state index in [0.717, 1.165) is 0 Å². The number of fused-ring (bicyclic) bond motifs is 1. The molecule has 3 heterocycles. The first-order valence-corrected chi connectivity index (χ1v) is 15.1. The Labute approximate surface area is 258 Å². The van der Waals surface area contributed by atoms with Gasteiger partial charge in [0.15, 0.2) is 6.61 Å². The molecule has 1 fully saturated rings. The van der Waals surface area contributed by atoms with E-state index in [4.69, 9.17) is 10.5 Å². The average molecular weight is 639 g/mol. The topological polar surface area (TPSA) is 212 Å². The SMILES string of the molecule is Cn1nnnc1SCC1=C(C(=O)O)N2C(=O)C(NC(=O)[C@@H](NC(=O)COc3ccccc3C(N)=O)c3ccccc3)[C@@H]2SC1. The van der Waals surface area contributed by atoms with E-state index in [0.29, 0.717) is 22.0 Å². The predicted molar refractivity (Wildman–Crippen MR) is 157 cm³/mol. The fraction of sp³-hybridized carbons (Fsp3) is 0.259. The highest BCUT2D eigenvalue weighted by atomic mass is 32.2. The van der Waals surface area contributed by atoms with Crippen LogP contribution >= 0.6 is 23.5 Å². The fourth-order valence-electron chi connectivity index (χ4n) is 4.61. The van der Waals surface area contributed by atoms with Crippen molar-refractivity contribution >= 4 is 53.1 Å². The summed E-state index contributed by atoms with van der Waals surface area (Å²) in [7, 11) is 1.66. The van der Waals surface area contributed by atoms with Gasteiger partial charge in [-0.15, -0.1) is 16.9 Å². The van der Waals surface area contributed by atoms with E-state index in [-0.39, 0.29) is 22.8 Å².